The molecular weight excluding hydrogens is 264 g/mol. The zero-order valence-corrected chi connectivity index (χ0v) is 11.7. The van der Waals surface area contributed by atoms with E-state index in [1.807, 2.05) is 6.92 Å². The highest BCUT2D eigenvalue weighted by Gasteiger charge is 2.25. The molecule has 0 aliphatic rings. The maximum atomic E-state index is 11.5. The van der Waals surface area contributed by atoms with Crippen molar-refractivity contribution >= 4 is 17.3 Å². The second-order valence-electron chi connectivity index (χ2n) is 4.68. The third kappa shape index (κ3) is 3.45. The maximum Gasteiger partial charge on any atom is 0.337 e. The third-order valence-corrected chi connectivity index (χ3v) is 3.18. The standard InChI is InChI=1S/C13H18N2O5/c1-4-13(2,8-16)14-10-7-9(12(17)20-3)5-6-11(10)15(18)19/h5-7,14,16H,4,8H2,1-3H3. The van der Waals surface area contributed by atoms with Crippen molar-refractivity contribution in [3.05, 3.63) is 33.9 Å². The van der Waals surface area contributed by atoms with Gasteiger partial charge in [-0.3, -0.25) is 10.1 Å². The molecule has 7 nitrogen and oxygen atoms in total. The smallest absolute Gasteiger partial charge is 0.337 e. The largest absolute Gasteiger partial charge is 0.465 e. The number of hydrogen-bond acceptors (Lipinski definition) is 6. The van der Waals surface area contributed by atoms with Crippen molar-refractivity contribution in [3.8, 4) is 0 Å². The Morgan fingerprint density at radius 3 is 2.65 bits per heavy atom. The van der Waals surface area contributed by atoms with E-state index in [1.165, 1.54) is 25.3 Å². The summed E-state index contributed by atoms with van der Waals surface area (Å²) in [5.41, 5.74) is -0.487. The zero-order chi connectivity index (χ0) is 15.3. The fraction of sp³-hybridized carbons (Fsp3) is 0.462. The summed E-state index contributed by atoms with van der Waals surface area (Å²) in [4.78, 5) is 22.0. The quantitative estimate of drug-likeness (QED) is 0.470. The van der Waals surface area contributed by atoms with E-state index in [1.54, 1.807) is 6.92 Å². The monoisotopic (exact) mass is 282 g/mol. The molecule has 1 atom stereocenters. The Kier molecular flexibility index (Phi) is 5.04. The first-order valence-electron chi connectivity index (χ1n) is 6.12. The van der Waals surface area contributed by atoms with Crippen molar-refractivity contribution < 1.29 is 19.6 Å². The van der Waals surface area contributed by atoms with Crippen molar-refractivity contribution in [2.75, 3.05) is 19.0 Å². The molecule has 0 heterocycles. The van der Waals surface area contributed by atoms with Crippen LogP contribution in [-0.2, 0) is 4.74 Å². The molecule has 0 saturated carbocycles. The van der Waals surface area contributed by atoms with E-state index in [-0.39, 0.29) is 23.5 Å². The van der Waals surface area contributed by atoms with Gasteiger partial charge in [0, 0.05) is 6.07 Å². The molecule has 0 saturated heterocycles. The normalized spacial score (nSPS) is 13.4. The van der Waals surface area contributed by atoms with Crippen LogP contribution in [0.5, 0.6) is 0 Å². The van der Waals surface area contributed by atoms with Crippen molar-refractivity contribution in [3.63, 3.8) is 0 Å². The molecule has 0 radical (unpaired) electrons. The van der Waals surface area contributed by atoms with Crippen LogP contribution in [0.1, 0.15) is 30.6 Å². The topological polar surface area (TPSA) is 102 Å². The molecule has 0 aliphatic heterocycles. The van der Waals surface area contributed by atoms with Gasteiger partial charge < -0.3 is 15.2 Å². The van der Waals surface area contributed by atoms with Crippen LogP contribution < -0.4 is 5.32 Å². The van der Waals surface area contributed by atoms with Gasteiger partial charge in [-0.2, -0.15) is 0 Å². The summed E-state index contributed by atoms with van der Waals surface area (Å²) in [5.74, 6) is -0.579. The van der Waals surface area contributed by atoms with Gasteiger partial charge in [-0.05, 0) is 25.5 Å². The average Bonchev–Trinajstić information content (AvgIpc) is 2.45. The number of nitrogens with zero attached hydrogens (tertiary/aromatic N) is 1. The minimum absolute atomic E-state index is 0.161. The minimum atomic E-state index is -0.709. The van der Waals surface area contributed by atoms with Crippen molar-refractivity contribution in [1.82, 2.24) is 0 Å². The number of benzene rings is 1. The van der Waals surface area contributed by atoms with E-state index in [9.17, 15) is 20.0 Å². The molecule has 0 aromatic heterocycles. The number of carbonyl (C=O) groups excluding carboxylic acids is 1. The van der Waals surface area contributed by atoms with Crippen LogP contribution in [0.4, 0.5) is 11.4 Å². The number of nitro benzene ring substituents is 1. The third-order valence-electron chi connectivity index (χ3n) is 3.18. The highest BCUT2D eigenvalue weighted by molar-refractivity contribution is 5.91. The van der Waals surface area contributed by atoms with Gasteiger partial charge in [-0.15, -0.1) is 0 Å². The summed E-state index contributed by atoms with van der Waals surface area (Å²) in [6.07, 6.45) is 0.559. The number of anilines is 1. The Balaban J connectivity index is 3.25. The van der Waals surface area contributed by atoms with Gasteiger partial charge in [0.05, 0.1) is 29.7 Å². The van der Waals surface area contributed by atoms with Crippen LogP contribution >= 0.6 is 0 Å². The number of esters is 1. The van der Waals surface area contributed by atoms with Gasteiger partial charge in [-0.1, -0.05) is 6.92 Å². The van der Waals surface area contributed by atoms with Crippen LogP contribution in [0, 0.1) is 10.1 Å². The van der Waals surface area contributed by atoms with Gasteiger partial charge in [0.2, 0.25) is 0 Å². The lowest BCUT2D eigenvalue weighted by Crippen LogP contribution is -2.38. The van der Waals surface area contributed by atoms with Crippen LogP contribution in [0.2, 0.25) is 0 Å². The molecule has 2 N–H and O–H groups in total. The first kappa shape index (κ1) is 15.9. The number of methoxy groups -OCH3 is 1. The van der Waals surface area contributed by atoms with Crippen LogP contribution in [0.15, 0.2) is 18.2 Å². The number of rotatable bonds is 6. The van der Waals surface area contributed by atoms with Crippen LogP contribution in [-0.4, -0.2) is 35.3 Å². The van der Waals surface area contributed by atoms with Gasteiger partial charge in [0.1, 0.15) is 5.69 Å². The second kappa shape index (κ2) is 6.33. The lowest BCUT2D eigenvalue weighted by molar-refractivity contribution is -0.384. The molecule has 7 heteroatoms. The number of nitro groups is 1. The highest BCUT2D eigenvalue weighted by atomic mass is 16.6. The van der Waals surface area contributed by atoms with E-state index in [2.05, 4.69) is 10.1 Å². The lowest BCUT2D eigenvalue weighted by atomic mass is 9.99. The molecule has 1 rings (SSSR count). The predicted octanol–water partition coefficient (Wildman–Crippen LogP) is 1.95. The minimum Gasteiger partial charge on any atom is -0.465 e. The summed E-state index contributed by atoms with van der Waals surface area (Å²) in [5, 5.41) is 23.3. The van der Waals surface area contributed by atoms with Gasteiger partial charge in [0.25, 0.3) is 5.69 Å². The molecule has 0 amide bonds. The van der Waals surface area contributed by atoms with Gasteiger partial charge >= 0.3 is 5.97 Å². The van der Waals surface area contributed by atoms with Gasteiger partial charge in [-0.25, -0.2) is 4.79 Å². The summed E-state index contributed by atoms with van der Waals surface area (Å²) < 4.78 is 4.59. The SMILES string of the molecule is CCC(C)(CO)Nc1cc(C(=O)OC)ccc1[N+](=O)[O-]. The predicted molar refractivity (Wildman–Crippen MR) is 73.8 cm³/mol. The van der Waals surface area contributed by atoms with E-state index in [0.717, 1.165) is 0 Å². The van der Waals surface area contributed by atoms with E-state index < -0.39 is 16.4 Å². The molecule has 0 bridgehead atoms. The fourth-order valence-corrected chi connectivity index (χ4v) is 1.61. The van der Waals surface area contributed by atoms with Crippen molar-refractivity contribution in [2.45, 2.75) is 25.8 Å². The molecule has 1 aromatic carbocycles. The van der Waals surface area contributed by atoms with Gasteiger partial charge in [0.15, 0.2) is 0 Å². The summed E-state index contributed by atoms with van der Waals surface area (Å²) in [6, 6.07) is 3.92. The Morgan fingerprint density at radius 2 is 2.20 bits per heavy atom. The fourth-order valence-electron chi connectivity index (χ4n) is 1.61. The molecule has 0 aliphatic carbocycles. The van der Waals surface area contributed by atoms with E-state index in [0.29, 0.717) is 6.42 Å². The molecule has 0 fully saturated rings. The molecule has 110 valence electrons. The number of hydrogen-bond donors (Lipinski definition) is 2. The first-order chi connectivity index (χ1) is 9.36. The molecule has 20 heavy (non-hydrogen) atoms. The number of ether oxygens (including phenoxy) is 1. The summed E-state index contributed by atoms with van der Waals surface area (Å²) in [6.45, 7) is 3.39. The Labute approximate surface area is 116 Å². The molecule has 1 unspecified atom stereocenters. The van der Waals surface area contributed by atoms with Crippen molar-refractivity contribution in [2.24, 2.45) is 0 Å². The van der Waals surface area contributed by atoms with E-state index >= 15 is 0 Å². The van der Waals surface area contributed by atoms with Crippen LogP contribution in [0.3, 0.4) is 0 Å². The lowest BCUT2D eigenvalue weighted by Gasteiger charge is -2.28. The van der Waals surface area contributed by atoms with E-state index in [4.69, 9.17) is 0 Å². The highest BCUT2D eigenvalue weighted by Crippen LogP contribution is 2.29. The molecule has 0 spiro atoms. The molecular formula is C13H18N2O5. The Hall–Kier alpha value is -2.15. The van der Waals surface area contributed by atoms with Crippen molar-refractivity contribution in [1.29, 1.82) is 0 Å². The maximum absolute atomic E-state index is 11.5. The number of nitrogens with one attached hydrogen (secondary N) is 1. The Bertz CT molecular complexity index is 511. The molecule has 1 aromatic rings. The van der Waals surface area contributed by atoms with Crippen LogP contribution in [0.25, 0.3) is 0 Å². The summed E-state index contributed by atoms with van der Waals surface area (Å²) >= 11 is 0. The average molecular weight is 282 g/mol. The number of carbonyl (C=O) groups is 1. The second-order valence-corrected chi connectivity index (χ2v) is 4.68. The Morgan fingerprint density at radius 1 is 1.55 bits per heavy atom. The zero-order valence-electron chi connectivity index (χ0n) is 11.7. The number of aliphatic hydroxyl groups is 1. The first-order valence-corrected chi connectivity index (χ1v) is 6.12. The summed E-state index contributed by atoms with van der Waals surface area (Å²) in [7, 11) is 1.24. The number of aliphatic hydroxyl groups excluding tert-OH is 1.